The summed E-state index contributed by atoms with van der Waals surface area (Å²) in [5.74, 6) is -0.277. The molecule has 0 aliphatic carbocycles. The summed E-state index contributed by atoms with van der Waals surface area (Å²) < 4.78 is 10.8. The van der Waals surface area contributed by atoms with Gasteiger partial charge in [-0.2, -0.15) is 0 Å². The number of hydrogen-bond acceptors (Lipinski definition) is 9. The number of rotatable bonds is 6. The van der Waals surface area contributed by atoms with Crippen molar-refractivity contribution >= 4 is 34.8 Å². The molecule has 8 nitrogen and oxygen atoms in total. The molecule has 0 saturated heterocycles. The maximum absolute atomic E-state index is 12.1. The van der Waals surface area contributed by atoms with E-state index in [0.29, 0.717) is 20.7 Å². The zero-order chi connectivity index (χ0) is 18.7. The fraction of sp³-hybridized carbons (Fsp3) is 0.188. The van der Waals surface area contributed by atoms with E-state index in [0.717, 1.165) is 5.69 Å². The van der Waals surface area contributed by atoms with E-state index in [-0.39, 0.29) is 17.9 Å². The Labute approximate surface area is 156 Å². The molecule has 0 saturated carbocycles. The van der Waals surface area contributed by atoms with Gasteiger partial charge in [-0.1, -0.05) is 16.9 Å². The second kappa shape index (κ2) is 7.67. The van der Waals surface area contributed by atoms with Gasteiger partial charge in [0.15, 0.2) is 16.7 Å². The standard InChI is InChI=1S/C16H13N3O5S2/c1-9-5-12(24-18-9)7-23-15(20)11-3-4-14(13(6-11)19(21)22)26-16-17-10(2)8-25-16/h3-6,8H,7H2,1-2H3. The molecule has 0 aliphatic rings. The molecule has 26 heavy (non-hydrogen) atoms. The van der Waals surface area contributed by atoms with Crippen molar-refractivity contribution in [3.05, 3.63) is 62.5 Å². The van der Waals surface area contributed by atoms with E-state index >= 15 is 0 Å². The van der Waals surface area contributed by atoms with Crippen molar-refractivity contribution in [2.45, 2.75) is 29.7 Å². The number of ether oxygens (including phenoxy) is 1. The van der Waals surface area contributed by atoms with Gasteiger partial charge in [0.2, 0.25) is 0 Å². The van der Waals surface area contributed by atoms with E-state index in [9.17, 15) is 14.9 Å². The van der Waals surface area contributed by atoms with Gasteiger partial charge in [-0.05, 0) is 26.0 Å². The molecule has 0 atom stereocenters. The molecule has 0 N–H and O–H groups in total. The quantitative estimate of drug-likeness (QED) is 0.350. The summed E-state index contributed by atoms with van der Waals surface area (Å²) in [6.07, 6.45) is 0. The first-order valence-corrected chi connectivity index (χ1v) is 9.10. The Morgan fingerprint density at radius 2 is 2.15 bits per heavy atom. The van der Waals surface area contributed by atoms with Gasteiger partial charge < -0.3 is 9.26 Å². The predicted molar refractivity (Wildman–Crippen MR) is 94.4 cm³/mol. The summed E-state index contributed by atoms with van der Waals surface area (Å²) in [6, 6.07) is 5.86. The Hall–Kier alpha value is -2.72. The molecular formula is C16H13N3O5S2. The van der Waals surface area contributed by atoms with E-state index < -0.39 is 10.9 Å². The maximum Gasteiger partial charge on any atom is 0.338 e. The Balaban J connectivity index is 1.76. The molecule has 3 aromatic rings. The van der Waals surface area contributed by atoms with Crippen molar-refractivity contribution in [1.29, 1.82) is 0 Å². The van der Waals surface area contributed by atoms with Crippen molar-refractivity contribution < 1.29 is 19.0 Å². The molecular weight excluding hydrogens is 378 g/mol. The first-order chi connectivity index (χ1) is 12.4. The van der Waals surface area contributed by atoms with Crippen molar-refractivity contribution in [3.63, 3.8) is 0 Å². The van der Waals surface area contributed by atoms with Crippen molar-refractivity contribution in [2.24, 2.45) is 0 Å². The molecule has 0 unspecified atom stereocenters. The van der Waals surface area contributed by atoms with Gasteiger partial charge in [0, 0.05) is 23.2 Å². The molecule has 2 heterocycles. The summed E-state index contributed by atoms with van der Waals surface area (Å²) in [5, 5.41) is 16.9. The number of nitrogens with zero attached hydrogens (tertiary/aromatic N) is 3. The second-order valence-corrected chi connectivity index (χ2v) is 7.45. The number of carbonyl (C=O) groups excluding carboxylic acids is 1. The van der Waals surface area contributed by atoms with Crippen LogP contribution in [0.4, 0.5) is 5.69 Å². The topological polar surface area (TPSA) is 108 Å². The van der Waals surface area contributed by atoms with E-state index in [4.69, 9.17) is 9.26 Å². The number of nitro groups is 1. The van der Waals surface area contributed by atoms with Crippen LogP contribution in [0.15, 0.2) is 43.4 Å². The van der Waals surface area contributed by atoms with E-state index in [1.165, 1.54) is 41.3 Å². The van der Waals surface area contributed by atoms with Crippen LogP contribution in [0.5, 0.6) is 0 Å². The molecule has 2 aromatic heterocycles. The van der Waals surface area contributed by atoms with Gasteiger partial charge in [-0.3, -0.25) is 10.1 Å². The summed E-state index contributed by atoms with van der Waals surface area (Å²) in [7, 11) is 0. The number of esters is 1. The molecule has 3 rings (SSSR count). The van der Waals surface area contributed by atoms with E-state index in [1.54, 1.807) is 13.0 Å². The largest absolute Gasteiger partial charge is 0.454 e. The van der Waals surface area contributed by atoms with Crippen molar-refractivity contribution in [2.75, 3.05) is 0 Å². The van der Waals surface area contributed by atoms with Crippen molar-refractivity contribution in [3.8, 4) is 0 Å². The Kier molecular flexibility index (Phi) is 5.33. The number of thiazole rings is 1. The number of benzene rings is 1. The zero-order valence-electron chi connectivity index (χ0n) is 13.8. The van der Waals surface area contributed by atoms with E-state index in [2.05, 4.69) is 10.1 Å². The molecule has 134 valence electrons. The van der Waals surface area contributed by atoms with Gasteiger partial charge in [0.25, 0.3) is 5.69 Å². The van der Waals surface area contributed by atoms with Crippen LogP contribution >= 0.6 is 23.1 Å². The highest BCUT2D eigenvalue weighted by Gasteiger charge is 2.20. The van der Waals surface area contributed by atoms with Crippen LogP contribution in [0.3, 0.4) is 0 Å². The fourth-order valence-electron chi connectivity index (χ4n) is 2.05. The predicted octanol–water partition coefficient (Wildman–Crippen LogP) is 4.16. The van der Waals surface area contributed by atoms with Crippen LogP contribution in [0, 0.1) is 24.0 Å². The third-order valence-corrected chi connectivity index (χ3v) is 5.33. The van der Waals surface area contributed by atoms with Crippen LogP contribution in [-0.4, -0.2) is 21.0 Å². The number of hydrogen-bond donors (Lipinski definition) is 0. The number of aryl methyl sites for hydroxylation is 2. The zero-order valence-corrected chi connectivity index (χ0v) is 15.4. The first-order valence-electron chi connectivity index (χ1n) is 7.40. The summed E-state index contributed by atoms with van der Waals surface area (Å²) >= 11 is 2.59. The monoisotopic (exact) mass is 391 g/mol. The van der Waals surface area contributed by atoms with E-state index in [1.807, 2.05) is 12.3 Å². The van der Waals surface area contributed by atoms with Crippen molar-refractivity contribution in [1.82, 2.24) is 10.1 Å². The molecule has 0 radical (unpaired) electrons. The summed E-state index contributed by atoms with van der Waals surface area (Å²) in [6.45, 7) is 3.50. The van der Waals surface area contributed by atoms with Crippen LogP contribution in [-0.2, 0) is 11.3 Å². The summed E-state index contributed by atoms with van der Waals surface area (Å²) in [5.41, 5.74) is 1.44. The molecule has 0 spiro atoms. The Bertz CT molecular complexity index is 966. The lowest BCUT2D eigenvalue weighted by Crippen LogP contribution is -2.06. The minimum Gasteiger partial charge on any atom is -0.454 e. The molecule has 0 fully saturated rings. The third kappa shape index (κ3) is 4.27. The maximum atomic E-state index is 12.1. The highest BCUT2D eigenvalue weighted by molar-refractivity contribution is 8.01. The lowest BCUT2D eigenvalue weighted by molar-refractivity contribution is -0.387. The minimum atomic E-state index is -0.677. The van der Waals surface area contributed by atoms with Gasteiger partial charge in [0.1, 0.15) is 0 Å². The highest BCUT2D eigenvalue weighted by Crippen LogP contribution is 2.36. The number of aromatic nitrogens is 2. The number of carbonyl (C=O) groups is 1. The number of nitro benzene ring substituents is 1. The average Bonchev–Trinajstić information content (AvgIpc) is 3.21. The highest BCUT2D eigenvalue weighted by atomic mass is 32.2. The molecule has 1 aromatic carbocycles. The van der Waals surface area contributed by atoms with Gasteiger partial charge in [-0.25, -0.2) is 9.78 Å². The Morgan fingerprint density at radius 3 is 2.77 bits per heavy atom. The smallest absolute Gasteiger partial charge is 0.338 e. The SMILES string of the molecule is Cc1cc(COC(=O)c2ccc(Sc3nc(C)cs3)c([N+](=O)[O-])c2)on1. The van der Waals surface area contributed by atoms with Crippen LogP contribution in [0.25, 0.3) is 0 Å². The lowest BCUT2D eigenvalue weighted by Gasteiger charge is -2.05. The van der Waals surface area contributed by atoms with Crippen LogP contribution < -0.4 is 0 Å². The minimum absolute atomic E-state index is 0.0904. The molecule has 10 heteroatoms. The van der Waals surface area contributed by atoms with Gasteiger partial charge >= 0.3 is 5.97 Å². The molecule has 0 bridgehead atoms. The lowest BCUT2D eigenvalue weighted by atomic mass is 10.2. The average molecular weight is 391 g/mol. The van der Waals surface area contributed by atoms with Crippen LogP contribution in [0.1, 0.15) is 27.5 Å². The molecule has 0 aliphatic heterocycles. The van der Waals surface area contributed by atoms with Crippen LogP contribution in [0.2, 0.25) is 0 Å². The van der Waals surface area contributed by atoms with Gasteiger partial charge in [0.05, 0.1) is 21.1 Å². The first kappa shape index (κ1) is 18.1. The third-order valence-electron chi connectivity index (χ3n) is 3.21. The normalized spacial score (nSPS) is 10.7. The Morgan fingerprint density at radius 1 is 1.35 bits per heavy atom. The second-order valence-electron chi connectivity index (χ2n) is 5.31. The molecule has 0 amide bonds. The van der Waals surface area contributed by atoms with Gasteiger partial charge in [-0.15, -0.1) is 11.3 Å². The fourth-order valence-corrected chi connectivity index (χ4v) is 3.93. The summed E-state index contributed by atoms with van der Waals surface area (Å²) in [4.78, 5) is 27.7.